The number of carbonyl (C=O) groups is 2. The molecule has 0 fully saturated rings. The molecule has 0 heterocycles. The molecule has 4 N–H and O–H groups in total. The molecule has 0 saturated carbocycles. The largest absolute Gasteiger partial charge is 0.488 e. The minimum absolute atomic E-state index is 0.305. The SMILES string of the molecule is NC(=O)Nc1cccc(NC(=O)c2ccccc2OCc2ccc(Cl)cc2)c1. The zero-order chi connectivity index (χ0) is 19.9. The lowest BCUT2D eigenvalue weighted by Gasteiger charge is -2.12. The molecule has 0 aliphatic rings. The lowest BCUT2D eigenvalue weighted by molar-refractivity contribution is 0.102. The summed E-state index contributed by atoms with van der Waals surface area (Å²) >= 11 is 5.89. The minimum Gasteiger partial charge on any atom is -0.488 e. The summed E-state index contributed by atoms with van der Waals surface area (Å²) in [6, 6.07) is 20.3. The Morgan fingerprint density at radius 1 is 0.893 bits per heavy atom. The fourth-order valence-corrected chi connectivity index (χ4v) is 2.66. The van der Waals surface area contributed by atoms with Crippen LogP contribution in [0.1, 0.15) is 15.9 Å². The molecule has 0 aromatic heterocycles. The molecule has 6 nitrogen and oxygen atoms in total. The maximum absolute atomic E-state index is 12.7. The van der Waals surface area contributed by atoms with E-state index in [2.05, 4.69) is 10.6 Å². The van der Waals surface area contributed by atoms with E-state index in [-0.39, 0.29) is 5.91 Å². The van der Waals surface area contributed by atoms with Crippen LogP contribution < -0.4 is 21.1 Å². The van der Waals surface area contributed by atoms with Gasteiger partial charge in [0.1, 0.15) is 12.4 Å². The smallest absolute Gasteiger partial charge is 0.316 e. The predicted octanol–water partition coefficient (Wildman–Crippen LogP) is 4.66. The number of hydrogen-bond donors (Lipinski definition) is 3. The van der Waals surface area contributed by atoms with Crippen molar-refractivity contribution in [1.82, 2.24) is 0 Å². The van der Waals surface area contributed by atoms with Crippen LogP contribution in [0.4, 0.5) is 16.2 Å². The molecule has 0 aliphatic heterocycles. The van der Waals surface area contributed by atoms with Gasteiger partial charge in [-0.25, -0.2) is 4.79 Å². The predicted molar refractivity (Wildman–Crippen MR) is 110 cm³/mol. The highest BCUT2D eigenvalue weighted by atomic mass is 35.5. The molecular weight excluding hydrogens is 378 g/mol. The van der Waals surface area contributed by atoms with E-state index >= 15 is 0 Å². The molecule has 3 aromatic rings. The van der Waals surface area contributed by atoms with Gasteiger partial charge in [0.15, 0.2) is 0 Å². The first-order chi connectivity index (χ1) is 13.5. The molecule has 7 heteroatoms. The maximum atomic E-state index is 12.7. The molecule has 28 heavy (non-hydrogen) atoms. The van der Waals surface area contributed by atoms with Gasteiger partial charge in [-0.3, -0.25) is 4.79 Å². The molecular formula is C21H18ClN3O3. The van der Waals surface area contributed by atoms with Crippen LogP contribution in [0.5, 0.6) is 5.75 Å². The number of para-hydroxylation sites is 1. The molecule has 0 unspecified atom stereocenters. The summed E-state index contributed by atoms with van der Waals surface area (Å²) in [6.07, 6.45) is 0. The molecule has 0 radical (unpaired) electrons. The Balaban J connectivity index is 1.72. The number of urea groups is 1. The summed E-state index contributed by atoms with van der Waals surface area (Å²) in [5, 5.41) is 5.90. The quantitative estimate of drug-likeness (QED) is 0.566. The standard InChI is InChI=1S/C21H18ClN3O3/c22-15-10-8-14(9-11-15)13-28-19-7-2-1-6-18(19)20(26)24-16-4-3-5-17(12-16)25-21(23)27/h1-12H,13H2,(H,24,26)(H3,23,25,27). The topological polar surface area (TPSA) is 93.5 Å². The van der Waals surface area contributed by atoms with E-state index in [9.17, 15) is 9.59 Å². The van der Waals surface area contributed by atoms with Gasteiger partial charge >= 0.3 is 6.03 Å². The van der Waals surface area contributed by atoms with E-state index in [4.69, 9.17) is 22.1 Å². The summed E-state index contributed by atoms with van der Waals surface area (Å²) in [5.41, 5.74) is 7.44. The molecule has 3 aromatic carbocycles. The molecule has 0 bridgehead atoms. The van der Waals surface area contributed by atoms with Crippen molar-refractivity contribution in [1.29, 1.82) is 0 Å². The van der Waals surface area contributed by atoms with Gasteiger partial charge in [0.25, 0.3) is 5.91 Å². The Kier molecular flexibility index (Phi) is 6.14. The first-order valence-corrected chi connectivity index (χ1v) is 8.83. The van der Waals surface area contributed by atoms with Crippen LogP contribution in [0.15, 0.2) is 72.8 Å². The summed E-state index contributed by atoms with van der Waals surface area (Å²) in [6.45, 7) is 0.305. The van der Waals surface area contributed by atoms with Crippen LogP contribution in [0.25, 0.3) is 0 Å². The number of rotatable bonds is 6. The van der Waals surface area contributed by atoms with Gasteiger partial charge < -0.3 is 21.1 Å². The van der Waals surface area contributed by atoms with Gasteiger partial charge in [-0.1, -0.05) is 41.9 Å². The van der Waals surface area contributed by atoms with Crippen LogP contribution in [0.2, 0.25) is 5.02 Å². The van der Waals surface area contributed by atoms with Crippen LogP contribution in [0, 0.1) is 0 Å². The van der Waals surface area contributed by atoms with E-state index in [1.807, 2.05) is 12.1 Å². The van der Waals surface area contributed by atoms with Crippen molar-refractivity contribution in [3.8, 4) is 5.75 Å². The third-order valence-electron chi connectivity index (χ3n) is 3.83. The van der Waals surface area contributed by atoms with Crippen molar-refractivity contribution in [2.45, 2.75) is 6.61 Å². The first-order valence-electron chi connectivity index (χ1n) is 8.45. The Bertz CT molecular complexity index is 990. The van der Waals surface area contributed by atoms with E-state index in [1.54, 1.807) is 60.7 Å². The number of halogens is 1. The van der Waals surface area contributed by atoms with Gasteiger partial charge in [0, 0.05) is 16.4 Å². The van der Waals surface area contributed by atoms with Crippen molar-refractivity contribution in [2.75, 3.05) is 10.6 Å². The number of anilines is 2. The average Bonchev–Trinajstić information content (AvgIpc) is 2.67. The zero-order valence-corrected chi connectivity index (χ0v) is 15.6. The van der Waals surface area contributed by atoms with Crippen molar-refractivity contribution in [2.24, 2.45) is 5.73 Å². The molecule has 0 spiro atoms. The summed E-state index contributed by atoms with van der Waals surface area (Å²) in [7, 11) is 0. The fourth-order valence-electron chi connectivity index (χ4n) is 2.54. The van der Waals surface area contributed by atoms with Gasteiger partial charge in [-0.2, -0.15) is 0 Å². The van der Waals surface area contributed by atoms with E-state index < -0.39 is 6.03 Å². The van der Waals surface area contributed by atoms with Crippen LogP contribution in [0.3, 0.4) is 0 Å². The second kappa shape index (κ2) is 8.92. The van der Waals surface area contributed by atoms with Crippen molar-refractivity contribution in [3.63, 3.8) is 0 Å². The van der Waals surface area contributed by atoms with Gasteiger partial charge in [0.2, 0.25) is 0 Å². The third-order valence-corrected chi connectivity index (χ3v) is 4.08. The lowest BCUT2D eigenvalue weighted by atomic mass is 10.1. The lowest BCUT2D eigenvalue weighted by Crippen LogP contribution is -2.19. The first kappa shape index (κ1) is 19.3. The van der Waals surface area contributed by atoms with Crippen molar-refractivity contribution in [3.05, 3.63) is 88.9 Å². The van der Waals surface area contributed by atoms with Crippen molar-refractivity contribution < 1.29 is 14.3 Å². The van der Waals surface area contributed by atoms with E-state index in [0.29, 0.717) is 34.3 Å². The molecule has 3 amide bonds. The molecule has 3 rings (SSSR count). The number of amides is 3. The van der Waals surface area contributed by atoms with E-state index in [1.165, 1.54) is 0 Å². The summed E-state index contributed by atoms with van der Waals surface area (Å²) in [4.78, 5) is 23.7. The van der Waals surface area contributed by atoms with Crippen LogP contribution in [-0.2, 0) is 6.61 Å². The highest BCUT2D eigenvalue weighted by Crippen LogP contribution is 2.22. The normalized spacial score (nSPS) is 10.2. The Labute approximate surface area is 167 Å². The Hall–Kier alpha value is -3.51. The highest BCUT2D eigenvalue weighted by molar-refractivity contribution is 6.30. The minimum atomic E-state index is -0.676. The second-order valence-corrected chi connectivity index (χ2v) is 6.37. The fraction of sp³-hybridized carbons (Fsp3) is 0.0476. The Morgan fingerprint density at radius 2 is 1.57 bits per heavy atom. The number of primary amides is 1. The molecule has 0 aliphatic carbocycles. The highest BCUT2D eigenvalue weighted by Gasteiger charge is 2.13. The van der Waals surface area contributed by atoms with Crippen LogP contribution >= 0.6 is 11.6 Å². The van der Waals surface area contributed by atoms with E-state index in [0.717, 1.165) is 5.56 Å². The number of hydrogen-bond acceptors (Lipinski definition) is 3. The van der Waals surface area contributed by atoms with Gasteiger partial charge in [-0.05, 0) is 48.0 Å². The zero-order valence-electron chi connectivity index (χ0n) is 14.8. The van der Waals surface area contributed by atoms with Crippen LogP contribution in [-0.4, -0.2) is 11.9 Å². The molecule has 142 valence electrons. The number of ether oxygens (including phenoxy) is 1. The van der Waals surface area contributed by atoms with Gasteiger partial charge in [-0.15, -0.1) is 0 Å². The Morgan fingerprint density at radius 3 is 2.29 bits per heavy atom. The maximum Gasteiger partial charge on any atom is 0.316 e. The van der Waals surface area contributed by atoms with Gasteiger partial charge in [0.05, 0.1) is 5.56 Å². The molecule has 0 atom stereocenters. The number of nitrogens with two attached hydrogens (primary N) is 1. The molecule has 0 saturated heterocycles. The summed E-state index contributed by atoms with van der Waals surface area (Å²) in [5.74, 6) is 0.129. The number of nitrogens with one attached hydrogen (secondary N) is 2. The number of carbonyl (C=O) groups excluding carboxylic acids is 2. The average molecular weight is 396 g/mol. The number of benzene rings is 3. The second-order valence-electron chi connectivity index (χ2n) is 5.94. The summed E-state index contributed by atoms with van der Waals surface area (Å²) < 4.78 is 5.82. The third kappa shape index (κ3) is 5.25. The van der Waals surface area contributed by atoms with Crippen molar-refractivity contribution >= 4 is 34.9 Å². The monoisotopic (exact) mass is 395 g/mol.